The maximum Gasteiger partial charge on any atom is 0.313 e. The summed E-state index contributed by atoms with van der Waals surface area (Å²) in [5.74, 6) is -1.81. The van der Waals surface area contributed by atoms with E-state index in [0.717, 1.165) is 19.3 Å². The molecule has 0 spiro atoms. The molecule has 0 bridgehead atoms. The molecule has 4 rings (SSSR count). The minimum atomic E-state index is -1.04. The first-order valence-electron chi connectivity index (χ1n) is 10.3. The van der Waals surface area contributed by atoms with Crippen molar-refractivity contribution in [1.82, 2.24) is 4.90 Å². The van der Waals surface area contributed by atoms with Crippen LogP contribution in [0, 0.1) is 0 Å². The number of nitrogens with two attached hydrogens (primary N) is 1. The highest BCUT2D eigenvalue weighted by Gasteiger charge is 2.48. The van der Waals surface area contributed by atoms with Crippen molar-refractivity contribution < 1.29 is 19.4 Å². The van der Waals surface area contributed by atoms with Crippen molar-refractivity contribution in [3.8, 4) is 5.75 Å². The molecule has 1 heterocycles. The molecule has 164 valence electrons. The van der Waals surface area contributed by atoms with Crippen molar-refractivity contribution in [1.29, 1.82) is 0 Å². The zero-order valence-electron chi connectivity index (χ0n) is 17.1. The van der Waals surface area contributed by atoms with E-state index in [9.17, 15) is 14.7 Å². The largest absolute Gasteiger partial charge is 0.497 e. The first-order chi connectivity index (χ1) is 14.8. The molecule has 2 aliphatic rings. The van der Waals surface area contributed by atoms with Crippen molar-refractivity contribution >= 4 is 35.1 Å². The number of fused-ring (bicyclic) bond motifs is 1. The van der Waals surface area contributed by atoms with Gasteiger partial charge < -0.3 is 20.5 Å². The van der Waals surface area contributed by atoms with Gasteiger partial charge in [0.25, 0.3) is 5.91 Å². The van der Waals surface area contributed by atoms with Crippen LogP contribution in [-0.2, 0) is 4.79 Å². The second kappa shape index (κ2) is 8.69. The predicted octanol–water partition coefficient (Wildman–Crippen LogP) is 4.64. The highest BCUT2D eigenvalue weighted by Crippen LogP contribution is 2.48. The number of hydrogen-bond acceptors (Lipinski definition) is 4. The van der Waals surface area contributed by atoms with Gasteiger partial charge in [-0.2, -0.15) is 0 Å². The Labute approximate surface area is 190 Å². The second-order valence-corrected chi connectivity index (χ2v) is 8.95. The molecule has 8 heteroatoms. The summed E-state index contributed by atoms with van der Waals surface area (Å²) in [6, 6.07) is 8.53. The average Bonchev–Trinajstić information content (AvgIpc) is 2.74. The van der Waals surface area contributed by atoms with Crippen LogP contribution in [0.3, 0.4) is 0 Å². The summed E-state index contributed by atoms with van der Waals surface area (Å²) in [6.07, 6.45) is 3.39. The van der Waals surface area contributed by atoms with Gasteiger partial charge in [-0.1, -0.05) is 48.2 Å². The van der Waals surface area contributed by atoms with Crippen LogP contribution in [0.15, 0.2) is 36.4 Å². The van der Waals surface area contributed by atoms with Gasteiger partial charge in [-0.3, -0.25) is 9.59 Å². The molecule has 6 nitrogen and oxygen atoms in total. The number of amides is 1. The molecule has 1 aliphatic heterocycles. The van der Waals surface area contributed by atoms with Crippen LogP contribution < -0.4 is 10.5 Å². The molecule has 0 unspecified atom stereocenters. The Morgan fingerprint density at radius 2 is 1.84 bits per heavy atom. The van der Waals surface area contributed by atoms with E-state index in [0.29, 0.717) is 38.9 Å². The van der Waals surface area contributed by atoms with E-state index in [1.54, 1.807) is 41.3 Å². The molecule has 3 N–H and O–H groups in total. The fourth-order valence-electron chi connectivity index (χ4n) is 4.90. The van der Waals surface area contributed by atoms with E-state index in [2.05, 4.69) is 0 Å². The van der Waals surface area contributed by atoms with Crippen LogP contribution in [0.25, 0.3) is 0 Å². The molecule has 1 aliphatic carbocycles. The van der Waals surface area contributed by atoms with Crippen molar-refractivity contribution in [3.63, 3.8) is 0 Å². The summed E-state index contributed by atoms with van der Waals surface area (Å²) >= 11 is 12.6. The summed E-state index contributed by atoms with van der Waals surface area (Å²) in [5.41, 5.74) is 7.76. The number of carbonyl (C=O) groups excluding carboxylic acids is 1. The molecule has 4 atom stereocenters. The SMILES string of the molecule is COc1ccc2c(c1)C(=O)N([C@H]1CCCC[C@@H]1N)[C@@H](c1ccc(Cl)cc1Cl)[C@@H]2C(=O)O. The number of carbonyl (C=O) groups is 2. The highest BCUT2D eigenvalue weighted by atomic mass is 35.5. The van der Waals surface area contributed by atoms with Gasteiger partial charge in [-0.15, -0.1) is 0 Å². The Hall–Kier alpha value is -2.28. The van der Waals surface area contributed by atoms with Gasteiger partial charge in [0.1, 0.15) is 11.7 Å². The molecular formula is C23H24Cl2N2O4. The van der Waals surface area contributed by atoms with E-state index in [-0.39, 0.29) is 18.0 Å². The lowest BCUT2D eigenvalue weighted by molar-refractivity contribution is -0.141. The van der Waals surface area contributed by atoms with Crippen molar-refractivity contribution in [2.75, 3.05) is 7.11 Å². The normalized spacial score (nSPS) is 25.8. The lowest BCUT2D eigenvalue weighted by Crippen LogP contribution is -2.56. The van der Waals surface area contributed by atoms with Gasteiger partial charge in [-0.25, -0.2) is 0 Å². The average molecular weight is 463 g/mol. The Morgan fingerprint density at radius 3 is 2.48 bits per heavy atom. The summed E-state index contributed by atoms with van der Waals surface area (Å²) in [6.45, 7) is 0. The first-order valence-corrected chi connectivity index (χ1v) is 11.0. The van der Waals surface area contributed by atoms with Gasteiger partial charge in [-0.05, 0) is 48.2 Å². The Morgan fingerprint density at radius 1 is 1.13 bits per heavy atom. The number of halogens is 2. The number of nitrogens with zero attached hydrogens (tertiary/aromatic N) is 1. The fourth-order valence-corrected chi connectivity index (χ4v) is 5.42. The Balaban J connectivity index is 1.96. The number of benzene rings is 2. The first kappa shape index (κ1) is 21.9. The van der Waals surface area contributed by atoms with Gasteiger partial charge in [0, 0.05) is 27.7 Å². The number of aliphatic carboxylic acids is 1. The Bertz CT molecular complexity index is 1030. The summed E-state index contributed by atoms with van der Waals surface area (Å²) in [4.78, 5) is 28.0. The molecule has 1 saturated carbocycles. The van der Waals surface area contributed by atoms with E-state index in [1.807, 2.05) is 0 Å². The number of ether oxygens (including phenoxy) is 1. The molecule has 2 aromatic rings. The maximum absolute atomic E-state index is 13.8. The van der Waals surface area contributed by atoms with E-state index >= 15 is 0 Å². The number of carboxylic acid groups (broad SMARTS) is 1. The molecule has 1 fully saturated rings. The van der Waals surface area contributed by atoms with E-state index in [4.69, 9.17) is 33.7 Å². The minimum Gasteiger partial charge on any atom is -0.497 e. The van der Waals surface area contributed by atoms with Crippen LogP contribution >= 0.6 is 23.2 Å². The molecule has 0 aromatic heterocycles. The standard InChI is InChI=1S/C23H24Cl2N2O4/c1-31-13-7-9-14-16(11-13)22(28)27(19-5-3-2-4-18(19)26)21(20(14)23(29)30)15-8-6-12(24)10-17(15)25/h6-11,18-21H,2-5,26H2,1H3,(H,29,30)/t18-,19-,20+,21-/m0/s1. The van der Waals surface area contributed by atoms with E-state index < -0.39 is 17.9 Å². The van der Waals surface area contributed by atoms with Crippen LogP contribution in [0.2, 0.25) is 10.0 Å². The minimum absolute atomic E-state index is 0.243. The lowest BCUT2D eigenvalue weighted by Gasteiger charge is -2.48. The Kier molecular flexibility index (Phi) is 6.15. The van der Waals surface area contributed by atoms with E-state index in [1.165, 1.54) is 7.11 Å². The summed E-state index contributed by atoms with van der Waals surface area (Å²) in [5, 5.41) is 11.0. The van der Waals surface area contributed by atoms with Crippen LogP contribution in [0.5, 0.6) is 5.75 Å². The molecule has 31 heavy (non-hydrogen) atoms. The summed E-state index contributed by atoms with van der Waals surface area (Å²) < 4.78 is 5.29. The van der Waals surface area contributed by atoms with Gasteiger partial charge in [0.15, 0.2) is 0 Å². The third-order valence-corrected chi connectivity index (χ3v) is 6.92. The predicted molar refractivity (Wildman–Crippen MR) is 119 cm³/mol. The zero-order valence-corrected chi connectivity index (χ0v) is 18.6. The number of methoxy groups -OCH3 is 1. The van der Waals surface area contributed by atoms with Crippen molar-refractivity contribution in [3.05, 3.63) is 63.1 Å². The third-order valence-electron chi connectivity index (χ3n) is 6.36. The van der Waals surface area contributed by atoms with Gasteiger partial charge in [0.2, 0.25) is 0 Å². The molecular weight excluding hydrogens is 439 g/mol. The van der Waals surface area contributed by atoms with Crippen LogP contribution in [0.4, 0.5) is 0 Å². The van der Waals surface area contributed by atoms with Crippen molar-refractivity contribution in [2.45, 2.75) is 49.7 Å². The fraction of sp³-hybridized carbons (Fsp3) is 0.391. The third kappa shape index (κ3) is 3.88. The van der Waals surface area contributed by atoms with Crippen LogP contribution in [-0.4, -0.2) is 41.1 Å². The maximum atomic E-state index is 13.8. The molecule has 0 saturated heterocycles. The summed E-state index contributed by atoms with van der Waals surface area (Å²) in [7, 11) is 1.51. The molecule has 1 amide bonds. The molecule has 0 radical (unpaired) electrons. The lowest BCUT2D eigenvalue weighted by atomic mass is 9.77. The number of rotatable bonds is 4. The topological polar surface area (TPSA) is 92.9 Å². The van der Waals surface area contributed by atoms with Gasteiger partial charge in [0.05, 0.1) is 13.2 Å². The molecule has 2 aromatic carbocycles. The highest BCUT2D eigenvalue weighted by molar-refractivity contribution is 6.35. The monoisotopic (exact) mass is 462 g/mol. The number of carboxylic acids is 1. The second-order valence-electron chi connectivity index (χ2n) is 8.11. The quantitative estimate of drug-likeness (QED) is 0.690. The smallest absolute Gasteiger partial charge is 0.313 e. The number of hydrogen-bond donors (Lipinski definition) is 2. The van der Waals surface area contributed by atoms with Crippen molar-refractivity contribution in [2.24, 2.45) is 5.73 Å². The van der Waals surface area contributed by atoms with Gasteiger partial charge >= 0.3 is 5.97 Å². The van der Waals surface area contributed by atoms with Crippen LogP contribution in [0.1, 0.15) is 59.1 Å². The zero-order chi connectivity index (χ0) is 22.3.